The zero-order valence-corrected chi connectivity index (χ0v) is 13.4. The standard InChI is InChI=1S/C18H19BN3O/c1-12-5-8-17(21(3)10-12)19-9-15-14-7-6-13(2)20-18(14)23-16(15)11-22(19)4/h5-11H,1-4H3/q+1/i1D3. The molecule has 5 heteroatoms. The molecule has 23 heavy (non-hydrogen) atoms. The van der Waals surface area contributed by atoms with Gasteiger partial charge < -0.3 is 9.23 Å². The van der Waals surface area contributed by atoms with Gasteiger partial charge in [0.05, 0.1) is 0 Å². The minimum Gasteiger partial charge on any atom is -0.436 e. The van der Waals surface area contributed by atoms with E-state index in [0.29, 0.717) is 11.3 Å². The van der Waals surface area contributed by atoms with E-state index in [2.05, 4.69) is 15.8 Å². The highest BCUT2D eigenvalue weighted by molar-refractivity contribution is 6.82. The number of aryl methyl sites for hydroxylation is 3. The average molecular weight is 307 g/mol. The Morgan fingerprint density at radius 2 is 2.17 bits per heavy atom. The van der Waals surface area contributed by atoms with Gasteiger partial charge in [-0.05, 0) is 45.1 Å². The predicted octanol–water partition coefficient (Wildman–Crippen LogP) is 0.171. The Morgan fingerprint density at radius 1 is 1.30 bits per heavy atom. The third-order valence-electron chi connectivity index (χ3n) is 4.32. The Bertz CT molecular complexity index is 1140. The summed E-state index contributed by atoms with van der Waals surface area (Å²) in [5.41, 5.74) is 3.68. The van der Waals surface area contributed by atoms with Gasteiger partial charge in [0.25, 0.3) is 0 Å². The molecule has 4 nitrogen and oxygen atoms in total. The molecule has 0 radical (unpaired) electrons. The summed E-state index contributed by atoms with van der Waals surface area (Å²) in [5.74, 6) is 2.14. The van der Waals surface area contributed by atoms with Gasteiger partial charge in [0.1, 0.15) is 7.05 Å². The summed E-state index contributed by atoms with van der Waals surface area (Å²) in [5, 5.41) is 2.01. The van der Waals surface area contributed by atoms with Gasteiger partial charge in [-0.1, -0.05) is 5.98 Å². The first-order valence-electron chi connectivity index (χ1n) is 9.06. The van der Waals surface area contributed by atoms with Crippen LogP contribution in [0, 0.1) is 13.8 Å². The van der Waals surface area contributed by atoms with Crippen molar-refractivity contribution < 1.29 is 13.1 Å². The van der Waals surface area contributed by atoms with Crippen LogP contribution in [0.5, 0.6) is 0 Å². The average Bonchev–Trinajstić information content (AvgIpc) is 2.89. The predicted molar refractivity (Wildman–Crippen MR) is 92.4 cm³/mol. The first-order chi connectivity index (χ1) is 12.2. The SMILES string of the molecule is [2H]C([2H])([2H])c1ccc(B2C=c3c(oc4nc(C)ccc34)=CN2C)[n+](C)c1. The van der Waals surface area contributed by atoms with E-state index in [4.69, 9.17) is 8.53 Å². The molecule has 3 aromatic rings. The van der Waals surface area contributed by atoms with E-state index < -0.39 is 6.85 Å². The molecule has 114 valence electrons. The van der Waals surface area contributed by atoms with Crippen molar-refractivity contribution in [1.29, 1.82) is 0 Å². The fourth-order valence-electron chi connectivity index (χ4n) is 3.14. The lowest BCUT2D eigenvalue weighted by Crippen LogP contribution is -2.60. The second-order valence-electron chi connectivity index (χ2n) is 6.04. The number of fused-ring (bicyclic) bond motifs is 3. The van der Waals surface area contributed by atoms with Gasteiger partial charge in [-0.2, -0.15) is 0 Å². The molecule has 0 saturated carbocycles. The maximum atomic E-state index is 7.58. The van der Waals surface area contributed by atoms with Crippen LogP contribution in [0.15, 0.2) is 34.9 Å². The van der Waals surface area contributed by atoms with Crippen LogP contribution in [0.2, 0.25) is 0 Å². The molecule has 0 saturated heterocycles. The summed E-state index contributed by atoms with van der Waals surface area (Å²) in [6, 6.07) is 7.57. The van der Waals surface area contributed by atoms with E-state index in [1.807, 2.05) is 50.0 Å². The van der Waals surface area contributed by atoms with Gasteiger partial charge in [0.15, 0.2) is 17.2 Å². The molecule has 4 rings (SSSR count). The Balaban J connectivity index is 1.87. The number of pyridine rings is 2. The Labute approximate surface area is 139 Å². The first-order valence-corrected chi connectivity index (χ1v) is 7.56. The third kappa shape index (κ3) is 2.24. The lowest BCUT2D eigenvalue weighted by Gasteiger charge is -2.20. The van der Waals surface area contributed by atoms with E-state index in [1.54, 1.807) is 12.3 Å². The molecular formula is C18H19BN3O+. The quantitative estimate of drug-likeness (QED) is 0.475. The maximum absolute atomic E-state index is 7.58. The third-order valence-corrected chi connectivity index (χ3v) is 4.32. The Morgan fingerprint density at radius 3 is 2.96 bits per heavy atom. The number of aromatic nitrogens is 2. The number of hydrogen-bond donors (Lipinski definition) is 0. The smallest absolute Gasteiger partial charge is 0.396 e. The normalized spacial score (nSPS) is 16.2. The molecule has 0 unspecified atom stereocenters. The van der Waals surface area contributed by atoms with Gasteiger partial charge in [-0.25, -0.2) is 9.55 Å². The van der Waals surface area contributed by atoms with E-state index in [1.165, 1.54) is 0 Å². The maximum Gasteiger partial charge on any atom is 0.396 e. The highest BCUT2D eigenvalue weighted by Crippen LogP contribution is 2.09. The fourth-order valence-corrected chi connectivity index (χ4v) is 3.14. The Kier molecular flexibility index (Phi) is 2.39. The van der Waals surface area contributed by atoms with Crippen molar-refractivity contribution in [2.24, 2.45) is 7.05 Å². The van der Waals surface area contributed by atoms with Gasteiger partial charge in [0, 0.05) is 32.2 Å². The molecule has 0 aromatic carbocycles. The monoisotopic (exact) mass is 307 g/mol. The van der Waals surface area contributed by atoms with Crippen LogP contribution in [0.4, 0.5) is 0 Å². The number of nitrogens with zero attached hydrogens (tertiary/aromatic N) is 3. The van der Waals surface area contributed by atoms with Crippen LogP contribution in [-0.4, -0.2) is 23.7 Å². The fraction of sp³-hybridized carbons (Fsp3) is 0.222. The summed E-state index contributed by atoms with van der Waals surface area (Å²) in [6.45, 7) is -0.196. The first kappa shape index (κ1) is 11.1. The van der Waals surface area contributed by atoms with E-state index >= 15 is 0 Å². The molecule has 0 amide bonds. The molecule has 1 aliphatic heterocycles. The van der Waals surface area contributed by atoms with Crippen LogP contribution < -0.4 is 20.8 Å². The molecule has 0 bridgehead atoms. The van der Waals surface area contributed by atoms with Gasteiger partial charge >= 0.3 is 6.85 Å². The van der Waals surface area contributed by atoms with Crippen LogP contribution in [0.1, 0.15) is 15.4 Å². The number of rotatable bonds is 1. The number of hydrogen-bond acceptors (Lipinski definition) is 3. The van der Waals surface area contributed by atoms with Crippen molar-refractivity contribution in [3.05, 3.63) is 52.4 Å². The van der Waals surface area contributed by atoms with Crippen molar-refractivity contribution in [3.63, 3.8) is 0 Å². The molecule has 4 heterocycles. The zero-order valence-electron chi connectivity index (χ0n) is 16.4. The summed E-state index contributed by atoms with van der Waals surface area (Å²) >= 11 is 0. The second kappa shape index (κ2) is 4.98. The summed E-state index contributed by atoms with van der Waals surface area (Å²) < 4.78 is 30.5. The van der Waals surface area contributed by atoms with Crippen LogP contribution in [0.3, 0.4) is 0 Å². The zero-order chi connectivity index (χ0) is 18.6. The van der Waals surface area contributed by atoms with Crippen molar-refractivity contribution in [3.8, 4) is 0 Å². The lowest BCUT2D eigenvalue weighted by molar-refractivity contribution is -0.654. The molecule has 3 aromatic heterocycles. The van der Waals surface area contributed by atoms with Crippen molar-refractivity contribution in [2.75, 3.05) is 7.05 Å². The summed E-state index contributed by atoms with van der Waals surface area (Å²) in [6.07, 6.45) is 3.65. The summed E-state index contributed by atoms with van der Waals surface area (Å²) in [7, 11) is 3.85. The van der Waals surface area contributed by atoms with Crippen LogP contribution in [-0.2, 0) is 7.05 Å². The van der Waals surface area contributed by atoms with Gasteiger partial charge in [-0.15, -0.1) is 0 Å². The number of furan rings is 1. The summed E-state index contributed by atoms with van der Waals surface area (Å²) in [4.78, 5) is 6.52. The molecular weight excluding hydrogens is 285 g/mol. The molecule has 0 N–H and O–H groups in total. The Hall–Kier alpha value is -2.56. The minimum absolute atomic E-state index is 0.0275. The van der Waals surface area contributed by atoms with Crippen LogP contribution >= 0.6 is 0 Å². The van der Waals surface area contributed by atoms with Crippen LogP contribution in [0.25, 0.3) is 23.3 Å². The van der Waals surface area contributed by atoms with Crippen molar-refractivity contribution >= 4 is 35.7 Å². The highest BCUT2D eigenvalue weighted by Gasteiger charge is 2.30. The second-order valence-corrected chi connectivity index (χ2v) is 6.04. The molecule has 0 atom stereocenters. The van der Waals surface area contributed by atoms with Crippen molar-refractivity contribution in [1.82, 2.24) is 9.79 Å². The van der Waals surface area contributed by atoms with Gasteiger partial charge in [0.2, 0.25) is 5.71 Å². The highest BCUT2D eigenvalue weighted by atomic mass is 16.3. The van der Waals surface area contributed by atoms with Gasteiger partial charge in [-0.3, -0.25) is 0 Å². The molecule has 0 aliphatic carbocycles. The van der Waals surface area contributed by atoms with E-state index in [9.17, 15) is 0 Å². The van der Waals surface area contributed by atoms with E-state index in [-0.39, 0.29) is 6.85 Å². The molecule has 1 aliphatic rings. The topological polar surface area (TPSA) is 33.2 Å². The molecule has 0 fully saturated rings. The molecule has 0 spiro atoms. The lowest BCUT2D eigenvalue weighted by atomic mass is 9.55. The minimum atomic E-state index is -2.11. The van der Waals surface area contributed by atoms with Crippen molar-refractivity contribution in [2.45, 2.75) is 13.8 Å². The largest absolute Gasteiger partial charge is 0.436 e. The van der Waals surface area contributed by atoms with E-state index in [0.717, 1.165) is 27.3 Å².